The summed E-state index contributed by atoms with van der Waals surface area (Å²) in [6, 6.07) is 1.09. The molecule has 58 valence electrons. The first-order valence-corrected chi connectivity index (χ1v) is 2.90. The Balaban J connectivity index is 2.79. The van der Waals surface area contributed by atoms with Crippen LogP contribution in [-0.4, -0.2) is 9.91 Å². The first-order valence-electron chi connectivity index (χ1n) is 2.90. The molecule has 0 N–H and O–H groups in total. The minimum absolute atomic E-state index is 0.273. The van der Waals surface area contributed by atoms with E-state index in [1.54, 1.807) is 0 Å². The number of halogens is 1. The molecule has 0 unspecified atom stereocenters. The Morgan fingerprint density at radius 1 is 1.64 bits per heavy atom. The van der Waals surface area contributed by atoms with E-state index in [2.05, 4.69) is 4.98 Å². The maximum Gasteiger partial charge on any atom is 0.230 e. The van der Waals surface area contributed by atoms with Crippen LogP contribution >= 0.6 is 0 Å². The standard InChI is InChI=1S/C6H5FN2O2/c7-6-1-5(2-8-3-6)4-9(10)11/h1-3H,4H2. The molecule has 11 heavy (non-hydrogen) atoms. The molecule has 0 aliphatic carbocycles. The molecule has 0 bridgehead atoms. The van der Waals surface area contributed by atoms with E-state index in [1.807, 2.05) is 0 Å². The average molecular weight is 156 g/mol. The molecule has 0 aliphatic heterocycles. The highest BCUT2D eigenvalue weighted by molar-refractivity contribution is 5.08. The van der Waals surface area contributed by atoms with Crippen molar-refractivity contribution >= 4 is 0 Å². The van der Waals surface area contributed by atoms with Gasteiger partial charge in [-0.3, -0.25) is 15.1 Å². The normalized spacial score (nSPS) is 9.55. The van der Waals surface area contributed by atoms with Gasteiger partial charge in [-0.05, 0) is 6.07 Å². The molecule has 1 aromatic rings. The van der Waals surface area contributed by atoms with Crippen LogP contribution in [0.4, 0.5) is 4.39 Å². The van der Waals surface area contributed by atoms with Crippen LogP contribution < -0.4 is 0 Å². The van der Waals surface area contributed by atoms with E-state index < -0.39 is 10.7 Å². The van der Waals surface area contributed by atoms with Gasteiger partial charge in [0.1, 0.15) is 5.82 Å². The van der Waals surface area contributed by atoms with Gasteiger partial charge in [-0.1, -0.05) is 0 Å². The third-order valence-electron chi connectivity index (χ3n) is 1.07. The van der Waals surface area contributed by atoms with Gasteiger partial charge in [0.05, 0.1) is 6.20 Å². The molecule has 0 radical (unpaired) electrons. The Labute approximate surface area is 61.8 Å². The number of aromatic nitrogens is 1. The van der Waals surface area contributed by atoms with Gasteiger partial charge in [0.2, 0.25) is 6.54 Å². The summed E-state index contributed by atoms with van der Waals surface area (Å²) in [6.45, 7) is -0.384. The van der Waals surface area contributed by atoms with Crippen LogP contribution in [0.25, 0.3) is 0 Å². The largest absolute Gasteiger partial charge is 0.264 e. The summed E-state index contributed by atoms with van der Waals surface area (Å²) < 4.78 is 12.3. The summed E-state index contributed by atoms with van der Waals surface area (Å²) in [5.41, 5.74) is 0.273. The van der Waals surface area contributed by atoms with Crippen molar-refractivity contribution in [1.29, 1.82) is 0 Å². The fourth-order valence-corrected chi connectivity index (χ4v) is 0.691. The third kappa shape index (κ3) is 2.29. The molecular weight excluding hydrogens is 151 g/mol. The topological polar surface area (TPSA) is 56.0 Å². The maximum atomic E-state index is 12.3. The molecular formula is C6H5FN2O2. The second kappa shape index (κ2) is 3.05. The Morgan fingerprint density at radius 2 is 2.36 bits per heavy atom. The van der Waals surface area contributed by atoms with E-state index in [0.717, 1.165) is 12.3 Å². The van der Waals surface area contributed by atoms with E-state index in [4.69, 9.17) is 0 Å². The molecule has 1 aromatic heterocycles. The van der Waals surface area contributed by atoms with Crippen molar-refractivity contribution in [3.8, 4) is 0 Å². The second-order valence-corrected chi connectivity index (χ2v) is 2.00. The van der Waals surface area contributed by atoms with Crippen LogP contribution in [0.1, 0.15) is 5.56 Å². The first kappa shape index (κ1) is 7.59. The number of rotatable bonds is 2. The molecule has 5 heteroatoms. The van der Waals surface area contributed by atoms with Crippen molar-refractivity contribution in [1.82, 2.24) is 4.98 Å². The molecule has 0 amide bonds. The summed E-state index contributed by atoms with van der Waals surface area (Å²) in [7, 11) is 0. The van der Waals surface area contributed by atoms with Crippen LogP contribution in [0.2, 0.25) is 0 Å². The third-order valence-corrected chi connectivity index (χ3v) is 1.07. The van der Waals surface area contributed by atoms with Crippen molar-refractivity contribution in [2.45, 2.75) is 6.54 Å². The van der Waals surface area contributed by atoms with E-state index in [-0.39, 0.29) is 12.1 Å². The average Bonchev–Trinajstić information content (AvgIpc) is 1.85. The van der Waals surface area contributed by atoms with E-state index in [9.17, 15) is 14.5 Å². The molecule has 0 saturated carbocycles. The van der Waals surface area contributed by atoms with E-state index >= 15 is 0 Å². The predicted molar refractivity (Wildman–Crippen MR) is 34.9 cm³/mol. The molecule has 0 spiro atoms. The van der Waals surface area contributed by atoms with Gasteiger partial charge in [-0.25, -0.2) is 4.39 Å². The summed E-state index contributed by atoms with van der Waals surface area (Å²) in [5, 5.41) is 9.94. The van der Waals surface area contributed by atoms with Gasteiger partial charge < -0.3 is 0 Å². The van der Waals surface area contributed by atoms with Crippen LogP contribution in [0.15, 0.2) is 18.5 Å². The Morgan fingerprint density at radius 3 is 2.91 bits per heavy atom. The Kier molecular flexibility index (Phi) is 2.10. The monoisotopic (exact) mass is 156 g/mol. The summed E-state index contributed by atoms with van der Waals surface area (Å²) in [6.07, 6.45) is 2.27. The molecule has 1 rings (SSSR count). The first-order chi connectivity index (χ1) is 5.18. The van der Waals surface area contributed by atoms with Gasteiger partial charge in [0.15, 0.2) is 0 Å². The summed E-state index contributed by atoms with van der Waals surface area (Å²) in [4.78, 5) is 12.9. The molecule has 0 saturated heterocycles. The highest BCUT2D eigenvalue weighted by Crippen LogP contribution is 2.01. The molecule has 0 atom stereocenters. The van der Waals surface area contributed by atoms with Crippen molar-refractivity contribution in [3.05, 3.63) is 40.0 Å². The van der Waals surface area contributed by atoms with Crippen molar-refractivity contribution < 1.29 is 9.31 Å². The number of pyridine rings is 1. The lowest BCUT2D eigenvalue weighted by Gasteiger charge is -1.92. The lowest BCUT2D eigenvalue weighted by molar-refractivity contribution is -0.496. The SMILES string of the molecule is O=[N+]([O-])Cc1cncc(F)c1. The Hall–Kier alpha value is -1.52. The van der Waals surface area contributed by atoms with Crippen molar-refractivity contribution in [2.75, 3.05) is 0 Å². The molecule has 0 aliphatic rings. The molecule has 0 aromatic carbocycles. The van der Waals surface area contributed by atoms with Crippen molar-refractivity contribution in [2.24, 2.45) is 0 Å². The van der Waals surface area contributed by atoms with Crippen LogP contribution in [0.5, 0.6) is 0 Å². The van der Waals surface area contributed by atoms with Gasteiger partial charge in [0.25, 0.3) is 0 Å². The molecule has 1 heterocycles. The lowest BCUT2D eigenvalue weighted by atomic mass is 10.3. The minimum Gasteiger partial charge on any atom is -0.264 e. The number of hydrogen-bond donors (Lipinski definition) is 0. The predicted octanol–water partition coefficient (Wildman–Crippen LogP) is 0.997. The highest BCUT2D eigenvalue weighted by atomic mass is 19.1. The zero-order chi connectivity index (χ0) is 8.27. The summed E-state index contributed by atoms with van der Waals surface area (Å²) in [5.74, 6) is -0.552. The summed E-state index contributed by atoms with van der Waals surface area (Å²) >= 11 is 0. The molecule has 4 nitrogen and oxygen atoms in total. The van der Waals surface area contributed by atoms with Gasteiger partial charge in [-0.2, -0.15) is 0 Å². The van der Waals surface area contributed by atoms with E-state index in [1.165, 1.54) is 6.20 Å². The zero-order valence-corrected chi connectivity index (χ0v) is 5.53. The fourth-order valence-electron chi connectivity index (χ4n) is 0.691. The Bertz CT molecular complexity index is 277. The maximum absolute atomic E-state index is 12.3. The highest BCUT2D eigenvalue weighted by Gasteiger charge is 2.01. The zero-order valence-electron chi connectivity index (χ0n) is 5.53. The van der Waals surface area contributed by atoms with Crippen molar-refractivity contribution in [3.63, 3.8) is 0 Å². The molecule has 0 fully saturated rings. The number of hydrogen-bond acceptors (Lipinski definition) is 3. The number of nitrogens with zero attached hydrogens (tertiary/aromatic N) is 2. The van der Waals surface area contributed by atoms with Gasteiger partial charge >= 0.3 is 0 Å². The fraction of sp³-hybridized carbons (Fsp3) is 0.167. The van der Waals surface area contributed by atoms with Gasteiger partial charge in [-0.15, -0.1) is 0 Å². The lowest BCUT2D eigenvalue weighted by Crippen LogP contribution is -1.98. The van der Waals surface area contributed by atoms with Crippen LogP contribution in [0, 0.1) is 15.9 Å². The van der Waals surface area contributed by atoms with Crippen LogP contribution in [0.3, 0.4) is 0 Å². The smallest absolute Gasteiger partial charge is 0.230 e. The quantitative estimate of drug-likeness (QED) is 0.474. The van der Waals surface area contributed by atoms with Crippen LogP contribution in [-0.2, 0) is 6.54 Å². The second-order valence-electron chi connectivity index (χ2n) is 2.00. The van der Waals surface area contributed by atoms with E-state index in [0.29, 0.717) is 0 Å². The van der Waals surface area contributed by atoms with Gasteiger partial charge in [0, 0.05) is 16.7 Å². The number of nitro groups is 1. The minimum atomic E-state index is -0.552.